The van der Waals surface area contributed by atoms with E-state index in [2.05, 4.69) is 43.9 Å². The topological polar surface area (TPSA) is 45.2 Å². The fraction of sp³-hybridized carbons (Fsp3) is 0.600. The third-order valence-corrected chi connectivity index (χ3v) is 9.20. The zero-order valence-electron chi connectivity index (χ0n) is 13.4. The second-order valence-corrected chi connectivity index (χ2v) is 20.5. The number of amides is 1. The van der Waals surface area contributed by atoms with Crippen LogP contribution < -0.4 is 8.90 Å². The first-order valence-corrected chi connectivity index (χ1v) is 17.3. The maximum absolute atomic E-state index is 12.1. The number of carbonyl (C=O) groups excluding carboxylic acids is 1. The molecule has 5 heteroatoms. The van der Waals surface area contributed by atoms with Gasteiger partial charge in [-0.25, -0.2) is 0 Å². The summed E-state index contributed by atoms with van der Waals surface area (Å²) in [5.74, 6) is -0.0120. The first kappa shape index (κ1) is 17.4. The molecule has 4 nitrogen and oxygen atoms in total. The predicted octanol–water partition coefficient (Wildman–Crippen LogP) is 1.70. The van der Waals surface area contributed by atoms with Crippen molar-refractivity contribution >= 4 is 27.9 Å². The summed E-state index contributed by atoms with van der Waals surface area (Å²) >= 11 is -2.15. The standard InChI is InChI=1S/C12H18N3O.3CH3.Sn/c1-3-15(4-2)9-8-14-12(16)11-6-5-7-13-10-11;;;;/h6-7,10H,3-4,8-9H2,1-2H3,(H,14,16);3*1H3;. The van der Waals surface area contributed by atoms with Crippen molar-refractivity contribution in [3.8, 4) is 0 Å². The van der Waals surface area contributed by atoms with Crippen LogP contribution in [0.4, 0.5) is 0 Å². The van der Waals surface area contributed by atoms with E-state index in [1.54, 1.807) is 6.20 Å². The van der Waals surface area contributed by atoms with Gasteiger partial charge in [0, 0.05) is 0 Å². The minimum atomic E-state index is -2.15. The molecule has 1 amide bonds. The molecule has 0 unspecified atom stereocenters. The van der Waals surface area contributed by atoms with Crippen molar-refractivity contribution in [3.63, 3.8) is 0 Å². The second-order valence-electron chi connectivity index (χ2n) is 6.00. The fourth-order valence-electron chi connectivity index (χ4n) is 1.94. The van der Waals surface area contributed by atoms with Crippen molar-refractivity contribution in [1.82, 2.24) is 15.2 Å². The Balaban J connectivity index is 2.60. The van der Waals surface area contributed by atoms with Gasteiger partial charge in [0.05, 0.1) is 0 Å². The minimum absolute atomic E-state index is 0.0120. The number of aromatic nitrogens is 1. The molecule has 0 spiro atoms. The van der Waals surface area contributed by atoms with Crippen molar-refractivity contribution in [2.75, 3.05) is 26.2 Å². The zero-order chi connectivity index (χ0) is 15.2. The molecule has 1 heterocycles. The van der Waals surface area contributed by atoms with Crippen molar-refractivity contribution in [3.05, 3.63) is 24.0 Å². The second kappa shape index (κ2) is 7.98. The Labute approximate surface area is 126 Å². The van der Waals surface area contributed by atoms with Crippen LogP contribution in [-0.4, -0.2) is 60.3 Å². The first-order valence-electron chi connectivity index (χ1n) is 7.34. The number of hydrogen-bond donors (Lipinski definition) is 1. The maximum atomic E-state index is 12.1. The van der Waals surface area contributed by atoms with Gasteiger partial charge in [-0.2, -0.15) is 0 Å². The van der Waals surface area contributed by atoms with Gasteiger partial charge in [-0.3, -0.25) is 0 Å². The number of hydrogen-bond acceptors (Lipinski definition) is 3. The van der Waals surface area contributed by atoms with Crippen LogP contribution >= 0.6 is 0 Å². The van der Waals surface area contributed by atoms with E-state index in [-0.39, 0.29) is 5.91 Å². The van der Waals surface area contributed by atoms with Gasteiger partial charge in [0.15, 0.2) is 0 Å². The normalized spacial score (nSPS) is 11.7. The Morgan fingerprint density at radius 1 is 1.25 bits per heavy atom. The Kier molecular flexibility index (Phi) is 6.95. The average Bonchev–Trinajstić information content (AvgIpc) is 2.42. The van der Waals surface area contributed by atoms with Crippen molar-refractivity contribution < 1.29 is 4.79 Å². The Hall–Kier alpha value is -0.621. The summed E-state index contributed by atoms with van der Waals surface area (Å²) < 4.78 is 1.29. The molecule has 1 N–H and O–H groups in total. The van der Waals surface area contributed by atoms with E-state index in [4.69, 9.17) is 0 Å². The number of nitrogens with zero attached hydrogens (tertiary/aromatic N) is 2. The molecule has 0 aromatic carbocycles. The summed E-state index contributed by atoms with van der Waals surface area (Å²) in [7, 11) is 0. The van der Waals surface area contributed by atoms with Crippen LogP contribution in [-0.2, 0) is 0 Å². The average molecular weight is 384 g/mol. The van der Waals surface area contributed by atoms with Gasteiger partial charge >= 0.3 is 127 Å². The Morgan fingerprint density at radius 3 is 2.45 bits per heavy atom. The molecular weight excluding hydrogens is 357 g/mol. The summed E-state index contributed by atoms with van der Waals surface area (Å²) in [4.78, 5) is 25.6. The Morgan fingerprint density at radius 2 is 1.90 bits per heavy atom. The van der Waals surface area contributed by atoms with Gasteiger partial charge in [-0.1, -0.05) is 0 Å². The number of rotatable bonds is 7. The quantitative estimate of drug-likeness (QED) is 0.729. The summed E-state index contributed by atoms with van der Waals surface area (Å²) in [5, 5.41) is 2.98. The number of carbonyl (C=O) groups is 1. The molecule has 0 bridgehead atoms. The zero-order valence-corrected chi connectivity index (χ0v) is 16.2. The molecule has 0 fully saturated rings. The third kappa shape index (κ3) is 5.40. The molecule has 0 atom stereocenters. The summed E-state index contributed by atoms with van der Waals surface area (Å²) in [6.07, 6.45) is 3.58. The van der Waals surface area contributed by atoms with E-state index in [1.807, 2.05) is 12.3 Å². The van der Waals surface area contributed by atoms with Crippen LogP contribution in [0.2, 0.25) is 14.8 Å². The summed E-state index contributed by atoms with van der Waals surface area (Å²) in [5.41, 5.74) is 0.689. The van der Waals surface area contributed by atoms with Crippen molar-refractivity contribution in [1.29, 1.82) is 0 Å². The summed E-state index contributed by atoms with van der Waals surface area (Å²) in [6, 6.07) is 2.02. The SMILES string of the molecule is CCN(CC)CCNC(=O)c1cnc[c]([Sn]([CH3])([CH3])[CH3])c1. The van der Waals surface area contributed by atoms with Gasteiger partial charge in [-0.15, -0.1) is 0 Å². The molecule has 0 saturated heterocycles. The number of nitrogens with one attached hydrogen (secondary N) is 1. The number of pyridine rings is 1. The van der Waals surface area contributed by atoms with Crippen LogP contribution in [0.15, 0.2) is 18.5 Å². The molecule has 0 radical (unpaired) electrons. The van der Waals surface area contributed by atoms with Gasteiger partial charge in [-0.05, 0) is 0 Å². The van der Waals surface area contributed by atoms with Crippen LogP contribution in [0.1, 0.15) is 24.2 Å². The van der Waals surface area contributed by atoms with Crippen LogP contribution in [0, 0.1) is 0 Å². The number of likely N-dealkylation sites (N-methyl/N-ethyl adjacent to an activating group) is 1. The molecule has 0 aliphatic rings. The van der Waals surface area contributed by atoms with Crippen molar-refractivity contribution in [2.45, 2.75) is 28.7 Å². The molecule has 1 aromatic heterocycles. The van der Waals surface area contributed by atoms with E-state index in [0.29, 0.717) is 12.1 Å². The molecule has 1 rings (SSSR count). The molecule has 112 valence electrons. The van der Waals surface area contributed by atoms with Gasteiger partial charge in [0.25, 0.3) is 0 Å². The van der Waals surface area contributed by atoms with Crippen LogP contribution in [0.25, 0.3) is 0 Å². The van der Waals surface area contributed by atoms with Gasteiger partial charge < -0.3 is 0 Å². The van der Waals surface area contributed by atoms with E-state index < -0.39 is 18.4 Å². The molecule has 0 aliphatic carbocycles. The first-order chi connectivity index (χ1) is 9.38. The Bertz CT molecular complexity index is 439. The van der Waals surface area contributed by atoms with E-state index >= 15 is 0 Å². The van der Waals surface area contributed by atoms with Gasteiger partial charge in [0.1, 0.15) is 0 Å². The monoisotopic (exact) mass is 385 g/mol. The van der Waals surface area contributed by atoms with Crippen molar-refractivity contribution in [2.24, 2.45) is 0 Å². The van der Waals surface area contributed by atoms with E-state index in [9.17, 15) is 4.79 Å². The third-order valence-electron chi connectivity index (χ3n) is 3.47. The van der Waals surface area contributed by atoms with Crippen LogP contribution in [0.3, 0.4) is 0 Å². The van der Waals surface area contributed by atoms with E-state index in [0.717, 1.165) is 19.6 Å². The predicted molar refractivity (Wildman–Crippen MR) is 87.3 cm³/mol. The van der Waals surface area contributed by atoms with Crippen LogP contribution in [0.5, 0.6) is 0 Å². The molecule has 1 aromatic rings. The molecular formula is C15H27N3OSn. The summed E-state index contributed by atoms with van der Waals surface area (Å²) in [6.45, 7) is 7.88. The molecule has 0 aliphatic heterocycles. The fourth-order valence-corrected chi connectivity index (χ4v) is 4.94. The molecule has 0 saturated carbocycles. The molecule has 20 heavy (non-hydrogen) atoms. The van der Waals surface area contributed by atoms with E-state index in [1.165, 1.54) is 3.58 Å². The van der Waals surface area contributed by atoms with Gasteiger partial charge in [0.2, 0.25) is 0 Å².